The molecular formula is C12H14N4O2. The molecule has 0 radical (unpaired) electrons. The van der Waals surface area contributed by atoms with Gasteiger partial charge in [-0.05, 0) is 25.0 Å². The topological polar surface area (TPSA) is 68.5 Å². The molecule has 0 spiro atoms. The molecule has 2 aromatic rings. The maximum Gasteiger partial charge on any atom is 0.249 e. The van der Waals surface area contributed by atoms with E-state index in [1.807, 2.05) is 28.8 Å². The van der Waals surface area contributed by atoms with Crippen LogP contribution in [0, 0.1) is 0 Å². The largest absolute Gasteiger partial charge is 0.368 e. The van der Waals surface area contributed by atoms with Gasteiger partial charge >= 0.3 is 0 Å². The molecule has 1 N–H and O–H groups in total. The summed E-state index contributed by atoms with van der Waals surface area (Å²) in [6.45, 7) is 1.04. The zero-order valence-electron chi connectivity index (χ0n) is 9.87. The molecule has 3 rings (SSSR count). The molecule has 3 heterocycles. The van der Waals surface area contributed by atoms with Crippen molar-refractivity contribution in [3.8, 4) is 0 Å². The molecule has 18 heavy (non-hydrogen) atoms. The Morgan fingerprint density at radius 2 is 2.44 bits per heavy atom. The molecule has 94 valence electrons. The molecule has 1 atom stereocenters. The van der Waals surface area contributed by atoms with Gasteiger partial charge in [0.25, 0.3) is 0 Å². The summed E-state index contributed by atoms with van der Waals surface area (Å²) in [6, 6.07) is 5.68. The second-order valence-electron chi connectivity index (χ2n) is 4.26. The number of hydrogen-bond donors (Lipinski definition) is 1. The van der Waals surface area contributed by atoms with Crippen molar-refractivity contribution in [2.24, 2.45) is 0 Å². The first kappa shape index (κ1) is 11.2. The Labute approximate surface area is 104 Å². The van der Waals surface area contributed by atoms with E-state index in [-0.39, 0.29) is 12.0 Å². The first-order valence-corrected chi connectivity index (χ1v) is 6.02. The number of rotatable bonds is 3. The van der Waals surface area contributed by atoms with Gasteiger partial charge in [-0.3, -0.25) is 9.20 Å². The van der Waals surface area contributed by atoms with Crippen LogP contribution in [0.5, 0.6) is 0 Å². The smallest absolute Gasteiger partial charge is 0.249 e. The maximum atomic E-state index is 11.8. The lowest BCUT2D eigenvalue weighted by Gasteiger charge is -2.09. The highest BCUT2D eigenvalue weighted by Gasteiger charge is 2.23. The predicted molar refractivity (Wildman–Crippen MR) is 63.8 cm³/mol. The summed E-state index contributed by atoms with van der Waals surface area (Å²) >= 11 is 0. The van der Waals surface area contributed by atoms with Crippen LogP contribution in [0.1, 0.15) is 18.7 Å². The van der Waals surface area contributed by atoms with E-state index in [1.54, 1.807) is 0 Å². The van der Waals surface area contributed by atoms with E-state index in [0.29, 0.717) is 13.2 Å². The molecule has 1 aliphatic heterocycles. The highest BCUT2D eigenvalue weighted by molar-refractivity contribution is 5.80. The van der Waals surface area contributed by atoms with E-state index in [4.69, 9.17) is 4.74 Å². The van der Waals surface area contributed by atoms with Crippen molar-refractivity contribution < 1.29 is 9.53 Å². The quantitative estimate of drug-likeness (QED) is 0.857. The summed E-state index contributed by atoms with van der Waals surface area (Å²) in [5.41, 5.74) is 0.777. The highest BCUT2D eigenvalue weighted by atomic mass is 16.5. The van der Waals surface area contributed by atoms with Crippen molar-refractivity contribution in [2.45, 2.75) is 25.5 Å². The number of carbonyl (C=O) groups excluding carboxylic acids is 1. The Bertz CT molecular complexity index is 560. The van der Waals surface area contributed by atoms with Crippen LogP contribution in [-0.2, 0) is 16.1 Å². The Balaban J connectivity index is 1.67. The third-order valence-electron chi connectivity index (χ3n) is 3.03. The molecule has 6 heteroatoms. The highest BCUT2D eigenvalue weighted by Crippen LogP contribution is 2.12. The maximum absolute atomic E-state index is 11.8. The molecule has 1 saturated heterocycles. The third kappa shape index (κ3) is 2.06. The first-order chi connectivity index (χ1) is 8.84. The Kier molecular flexibility index (Phi) is 2.93. The zero-order chi connectivity index (χ0) is 12.4. The van der Waals surface area contributed by atoms with Crippen molar-refractivity contribution >= 4 is 11.6 Å². The third-order valence-corrected chi connectivity index (χ3v) is 3.03. The number of carbonyl (C=O) groups is 1. The lowest BCUT2D eigenvalue weighted by atomic mass is 10.2. The van der Waals surface area contributed by atoms with E-state index < -0.39 is 0 Å². The van der Waals surface area contributed by atoms with Crippen LogP contribution in [0.4, 0.5) is 0 Å². The fourth-order valence-electron chi connectivity index (χ4n) is 2.08. The Hall–Kier alpha value is -1.95. The predicted octanol–water partition coefficient (Wildman–Crippen LogP) is 0.524. The van der Waals surface area contributed by atoms with Gasteiger partial charge in [0.2, 0.25) is 5.91 Å². The average molecular weight is 246 g/mol. The molecule has 0 aromatic carbocycles. The second kappa shape index (κ2) is 4.73. The van der Waals surface area contributed by atoms with Crippen LogP contribution in [0.3, 0.4) is 0 Å². The molecule has 0 saturated carbocycles. The van der Waals surface area contributed by atoms with Crippen molar-refractivity contribution in [3.05, 3.63) is 30.2 Å². The molecule has 1 aliphatic rings. The van der Waals surface area contributed by atoms with Crippen LogP contribution < -0.4 is 5.32 Å². The second-order valence-corrected chi connectivity index (χ2v) is 4.26. The molecule has 0 bridgehead atoms. The number of fused-ring (bicyclic) bond motifs is 1. The fourth-order valence-corrected chi connectivity index (χ4v) is 2.08. The summed E-state index contributed by atoms with van der Waals surface area (Å²) in [6.07, 6.45) is 3.32. The minimum atomic E-state index is -0.302. The number of aromatic nitrogens is 3. The van der Waals surface area contributed by atoms with Crippen LogP contribution in [-0.4, -0.2) is 33.2 Å². The molecule has 6 nitrogen and oxygen atoms in total. The van der Waals surface area contributed by atoms with Gasteiger partial charge in [0, 0.05) is 12.8 Å². The monoisotopic (exact) mass is 246 g/mol. The van der Waals surface area contributed by atoms with Crippen molar-refractivity contribution in [2.75, 3.05) is 6.61 Å². The normalized spacial score (nSPS) is 19.2. The van der Waals surface area contributed by atoms with Gasteiger partial charge < -0.3 is 10.1 Å². The molecule has 1 fully saturated rings. The van der Waals surface area contributed by atoms with E-state index in [0.717, 1.165) is 24.3 Å². The molecular weight excluding hydrogens is 232 g/mol. The lowest BCUT2D eigenvalue weighted by molar-refractivity contribution is -0.130. The number of ether oxygens (including phenoxy) is 1. The number of nitrogens with one attached hydrogen (secondary N) is 1. The average Bonchev–Trinajstić information content (AvgIpc) is 3.06. The standard InChI is InChI=1S/C12H14N4O2/c17-12(9-4-3-7-18-9)13-8-11-15-14-10-5-1-2-6-16(10)11/h1-2,5-6,9H,3-4,7-8H2,(H,13,17). The van der Waals surface area contributed by atoms with E-state index in [1.165, 1.54) is 0 Å². The summed E-state index contributed by atoms with van der Waals surface area (Å²) in [7, 11) is 0. The van der Waals surface area contributed by atoms with Gasteiger partial charge in [0.1, 0.15) is 6.10 Å². The Morgan fingerprint density at radius 3 is 3.28 bits per heavy atom. The molecule has 1 unspecified atom stereocenters. The van der Waals surface area contributed by atoms with Crippen molar-refractivity contribution in [3.63, 3.8) is 0 Å². The van der Waals surface area contributed by atoms with E-state index >= 15 is 0 Å². The Morgan fingerprint density at radius 1 is 1.50 bits per heavy atom. The van der Waals surface area contributed by atoms with Gasteiger partial charge in [0.05, 0.1) is 6.54 Å². The number of hydrogen-bond acceptors (Lipinski definition) is 4. The SMILES string of the molecule is O=C(NCc1nnc2ccccn12)C1CCCO1. The van der Waals surface area contributed by atoms with Crippen LogP contribution in [0.25, 0.3) is 5.65 Å². The number of nitrogens with zero attached hydrogens (tertiary/aromatic N) is 3. The minimum Gasteiger partial charge on any atom is -0.368 e. The van der Waals surface area contributed by atoms with E-state index in [9.17, 15) is 4.79 Å². The van der Waals surface area contributed by atoms with Crippen LogP contribution >= 0.6 is 0 Å². The van der Waals surface area contributed by atoms with Crippen molar-refractivity contribution in [1.82, 2.24) is 19.9 Å². The summed E-state index contributed by atoms with van der Waals surface area (Å²) < 4.78 is 7.17. The van der Waals surface area contributed by atoms with Gasteiger partial charge in [-0.25, -0.2) is 0 Å². The first-order valence-electron chi connectivity index (χ1n) is 6.02. The summed E-state index contributed by atoms with van der Waals surface area (Å²) in [4.78, 5) is 11.8. The van der Waals surface area contributed by atoms with E-state index in [2.05, 4.69) is 15.5 Å². The lowest BCUT2D eigenvalue weighted by Crippen LogP contribution is -2.34. The van der Waals surface area contributed by atoms with Gasteiger partial charge in [-0.15, -0.1) is 10.2 Å². The molecule has 1 amide bonds. The van der Waals surface area contributed by atoms with Gasteiger partial charge in [-0.1, -0.05) is 6.07 Å². The van der Waals surface area contributed by atoms with Gasteiger partial charge in [-0.2, -0.15) is 0 Å². The molecule has 2 aromatic heterocycles. The van der Waals surface area contributed by atoms with Crippen LogP contribution in [0.15, 0.2) is 24.4 Å². The summed E-state index contributed by atoms with van der Waals surface area (Å²) in [5, 5.41) is 10.9. The molecule has 0 aliphatic carbocycles. The minimum absolute atomic E-state index is 0.0693. The fraction of sp³-hybridized carbons (Fsp3) is 0.417. The van der Waals surface area contributed by atoms with Gasteiger partial charge in [0.15, 0.2) is 11.5 Å². The van der Waals surface area contributed by atoms with Crippen molar-refractivity contribution in [1.29, 1.82) is 0 Å². The van der Waals surface area contributed by atoms with Crippen LogP contribution in [0.2, 0.25) is 0 Å². The number of amides is 1. The number of pyridine rings is 1. The summed E-state index contributed by atoms with van der Waals surface area (Å²) in [5.74, 6) is 0.650. The zero-order valence-corrected chi connectivity index (χ0v) is 9.87.